The van der Waals surface area contributed by atoms with Crippen LogP contribution in [0.3, 0.4) is 0 Å². The highest BCUT2D eigenvalue weighted by Gasteiger charge is 2.35. The van der Waals surface area contributed by atoms with E-state index >= 15 is 0 Å². The SMILES string of the molecule is Cc1ccc(CC2(CNCC(C)C)CCOC2)c(Cl)c1. The number of hydrogen-bond donors (Lipinski definition) is 1. The normalized spacial score (nSPS) is 22.6. The van der Waals surface area contributed by atoms with E-state index in [0.717, 1.165) is 44.2 Å². The third kappa shape index (κ3) is 4.21. The fraction of sp³-hybridized carbons (Fsp3) is 0.647. The lowest BCUT2D eigenvalue weighted by molar-refractivity contribution is 0.148. The average molecular weight is 296 g/mol. The smallest absolute Gasteiger partial charge is 0.0538 e. The summed E-state index contributed by atoms with van der Waals surface area (Å²) in [6.45, 7) is 10.3. The topological polar surface area (TPSA) is 21.3 Å². The Labute approximate surface area is 127 Å². The molecule has 1 N–H and O–H groups in total. The first-order chi connectivity index (χ1) is 9.51. The van der Waals surface area contributed by atoms with Gasteiger partial charge in [0.2, 0.25) is 0 Å². The molecule has 1 heterocycles. The van der Waals surface area contributed by atoms with E-state index in [0.29, 0.717) is 5.92 Å². The minimum absolute atomic E-state index is 0.202. The van der Waals surface area contributed by atoms with Gasteiger partial charge in [-0.2, -0.15) is 0 Å². The van der Waals surface area contributed by atoms with E-state index in [1.54, 1.807) is 0 Å². The van der Waals surface area contributed by atoms with Crippen LogP contribution in [-0.2, 0) is 11.2 Å². The largest absolute Gasteiger partial charge is 0.381 e. The second kappa shape index (κ2) is 6.93. The van der Waals surface area contributed by atoms with Crippen LogP contribution in [0.5, 0.6) is 0 Å². The number of rotatable bonds is 6. The molecule has 2 rings (SSSR count). The Morgan fingerprint density at radius 1 is 1.40 bits per heavy atom. The van der Waals surface area contributed by atoms with Gasteiger partial charge in [-0.3, -0.25) is 0 Å². The van der Waals surface area contributed by atoms with Crippen molar-refractivity contribution in [3.8, 4) is 0 Å². The Bertz CT molecular complexity index is 439. The van der Waals surface area contributed by atoms with Crippen molar-refractivity contribution in [1.29, 1.82) is 0 Å². The van der Waals surface area contributed by atoms with Crippen LogP contribution in [-0.4, -0.2) is 26.3 Å². The molecule has 1 fully saturated rings. The van der Waals surface area contributed by atoms with Crippen LogP contribution >= 0.6 is 11.6 Å². The van der Waals surface area contributed by atoms with Crippen LogP contribution in [0.2, 0.25) is 5.02 Å². The van der Waals surface area contributed by atoms with Crippen LogP contribution in [0.15, 0.2) is 18.2 Å². The summed E-state index contributed by atoms with van der Waals surface area (Å²) in [7, 11) is 0. The molecule has 1 aliphatic rings. The maximum absolute atomic E-state index is 6.39. The Morgan fingerprint density at radius 2 is 2.20 bits per heavy atom. The van der Waals surface area contributed by atoms with Crippen LogP contribution in [0.1, 0.15) is 31.4 Å². The summed E-state index contributed by atoms with van der Waals surface area (Å²) in [4.78, 5) is 0. The van der Waals surface area contributed by atoms with Gasteiger partial charge in [0.25, 0.3) is 0 Å². The van der Waals surface area contributed by atoms with E-state index in [9.17, 15) is 0 Å². The Kier molecular flexibility index (Phi) is 5.48. The molecular formula is C17H26ClNO. The number of ether oxygens (including phenoxy) is 1. The van der Waals surface area contributed by atoms with Gasteiger partial charge in [-0.15, -0.1) is 0 Å². The summed E-state index contributed by atoms with van der Waals surface area (Å²) >= 11 is 6.39. The maximum Gasteiger partial charge on any atom is 0.0538 e. The molecule has 1 unspecified atom stereocenters. The molecule has 2 nitrogen and oxygen atoms in total. The van der Waals surface area contributed by atoms with Crippen molar-refractivity contribution in [1.82, 2.24) is 5.32 Å². The van der Waals surface area contributed by atoms with Gasteiger partial charge in [0, 0.05) is 23.6 Å². The van der Waals surface area contributed by atoms with Crippen LogP contribution in [0, 0.1) is 18.3 Å². The Balaban J connectivity index is 2.04. The van der Waals surface area contributed by atoms with Gasteiger partial charge in [0.05, 0.1) is 6.61 Å². The number of benzene rings is 1. The first kappa shape index (κ1) is 15.8. The highest BCUT2D eigenvalue weighted by molar-refractivity contribution is 6.31. The van der Waals surface area contributed by atoms with Crippen molar-refractivity contribution >= 4 is 11.6 Å². The minimum Gasteiger partial charge on any atom is -0.381 e. The third-order valence-corrected chi connectivity index (χ3v) is 4.36. The van der Waals surface area contributed by atoms with Gasteiger partial charge in [-0.1, -0.05) is 37.6 Å². The Hall–Kier alpha value is -0.570. The number of halogens is 1. The van der Waals surface area contributed by atoms with Crippen LogP contribution in [0.25, 0.3) is 0 Å². The molecular weight excluding hydrogens is 270 g/mol. The number of hydrogen-bond acceptors (Lipinski definition) is 2. The van der Waals surface area contributed by atoms with E-state index in [1.165, 1.54) is 11.1 Å². The summed E-state index contributed by atoms with van der Waals surface area (Å²) < 4.78 is 5.67. The summed E-state index contributed by atoms with van der Waals surface area (Å²) in [5.74, 6) is 0.678. The quantitative estimate of drug-likeness (QED) is 0.861. The molecule has 20 heavy (non-hydrogen) atoms. The minimum atomic E-state index is 0.202. The van der Waals surface area contributed by atoms with Crippen molar-refractivity contribution in [3.63, 3.8) is 0 Å². The van der Waals surface area contributed by atoms with Gasteiger partial charge in [-0.05, 0) is 49.4 Å². The zero-order chi connectivity index (χ0) is 14.6. The lowest BCUT2D eigenvalue weighted by Crippen LogP contribution is -2.38. The van der Waals surface area contributed by atoms with Crippen molar-refractivity contribution in [3.05, 3.63) is 34.3 Å². The number of aryl methyl sites for hydroxylation is 1. The van der Waals surface area contributed by atoms with Crippen molar-refractivity contribution in [2.75, 3.05) is 26.3 Å². The van der Waals surface area contributed by atoms with Crippen molar-refractivity contribution in [2.45, 2.75) is 33.6 Å². The van der Waals surface area contributed by atoms with E-state index < -0.39 is 0 Å². The van der Waals surface area contributed by atoms with Gasteiger partial charge < -0.3 is 10.1 Å². The fourth-order valence-electron chi connectivity index (χ4n) is 2.82. The molecule has 1 aromatic carbocycles. The Morgan fingerprint density at radius 3 is 2.80 bits per heavy atom. The van der Waals surface area contributed by atoms with Crippen molar-refractivity contribution < 1.29 is 4.74 Å². The first-order valence-corrected chi connectivity index (χ1v) is 7.92. The van der Waals surface area contributed by atoms with Crippen molar-refractivity contribution in [2.24, 2.45) is 11.3 Å². The second-order valence-electron chi connectivity index (χ2n) is 6.60. The van der Waals surface area contributed by atoms with E-state index in [1.807, 2.05) is 0 Å². The van der Waals surface area contributed by atoms with E-state index in [4.69, 9.17) is 16.3 Å². The monoisotopic (exact) mass is 295 g/mol. The zero-order valence-electron chi connectivity index (χ0n) is 12.8. The highest BCUT2D eigenvalue weighted by atomic mass is 35.5. The van der Waals surface area contributed by atoms with Gasteiger partial charge in [0.15, 0.2) is 0 Å². The lowest BCUT2D eigenvalue weighted by atomic mass is 9.80. The van der Waals surface area contributed by atoms with Crippen LogP contribution < -0.4 is 5.32 Å². The summed E-state index contributed by atoms with van der Waals surface area (Å²) in [5, 5.41) is 4.48. The van der Waals surface area contributed by atoms with Gasteiger partial charge in [-0.25, -0.2) is 0 Å². The molecule has 0 amide bonds. The highest BCUT2D eigenvalue weighted by Crippen LogP contribution is 2.34. The molecule has 0 radical (unpaired) electrons. The summed E-state index contributed by atoms with van der Waals surface area (Å²) in [5.41, 5.74) is 2.66. The summed E-state index contributed by atoms with van der Waals surface area (Å²) in [6, 6.07) is 6.37. The van der Waals surface area contributed by atoms with Gasteiger partial charge in [0.1, 0.15) is 0 Å². The predicted molar refractivity (Wildman–Crippen MR) is 85.5 cm³/mol. The molecule has 112 valence electrons. The molecule has 0 spiro atoms. The molecule has 0 bridgehead atoms. The summed E-state index contributed by atoms with van der Waals surface area (Å²) in [6.07, 6.45) is 2.11. The molecule has 0 aliphatic carbocycles. The molecule has 0 saturated carbocycles. The van der Waals surface area contributed by atoms with E-state index in [2.05, 4.69) is 44.3 Å². The van der Waals surface area contributed by atoms with Crippen LogP contribution in [0.4, 0.5) is 0 Å². The second-order valence-corrected chi connectivity index (χ2v) is 7.01. The molecule has 1 atom stereocenters. The first-order valence-electron chi connectivity index (χ1n) is 7.54. The average Bonchev–Trinajstić information content (AvgIpc) is 2.81. The molecule has 0 aromatic heterocycles. The number of nitrogens with one attached hydrogen (secondary N) is 1. The maximum atomic E-state index is 6.39. The molecule has 3 heteroatoms. The third-order valence-electron chi connectivity index (χ3n) is 4.01. The fourth-order valence-corrected chi connectivity index (χ4v) is 3.12. The molecule has 1 aliphatic heterocycles. The standard InChI is InChI=1S/C17H26ClNO/c1-13(2)10-19-11-17(6-7-20-12-17)9-15-5-4-14(3)8-16(15)18/h4-5,8,13,19H,6-7,9-12H2,1-3H3. The van der Waals surface area contributed by atoms with Gasteiger partial charge >= 0.3 is 0 Å². The predicted octanol–water partition coefficient (Wildman–Crippen LogP) is 3.84. The van der Waals surface area contributed by atoms with E-state index in [-0.39, 0.29) is 5.41 Å². The zero-order valence-corrected chi connectivity index (χ0v) is 13.6. The molecule has 1 aromatic rings. The lowest BCUT2D eigenvalue weighted by Gasteiger charge is -2.29. The molecule has 1 saturated heterocycles.